The van der Waals surface area contributed by atoms with Crippen molar-refractivity contribution in [2.45, 2.75) is 46.2 Å². The van der Waals surface area contributed by atoms with Crippen LogP contribution < -0.4 is 5.32 Å². The minimum atomic E-state index is -0.453. The van der Waals surface area contributed by atoms with Crippen LogP contribution in [0, 0.1) is 13.8 Å². The quantitative estimate of drug-likeness (QED) is 0.895. The van der Waals surface area contributed by atoms with Gasteiger partial charge in [-0.2, -0.15) is 0 Å². The van der Waals surface area contributed by atoms with Gasteiger partial charge in [0.2, 0.25) is 5.91 Å². The summed E-state index contributed by atoms with van der Waals surface area (Å²) < 4.78 is 0. The summed E-state index contributed by atoms with van der Waals surface area (Å²) in [6, 6.07) is 13.1. The summed E-state index contributed by atoms with van der Waals surface area (Å²) in [5.74, 6) is -0.167. The standard InChI is InChI=1S/C21H24N2O2/c1-4-7-19(20(24)22-18-11-10-14(2)12-15(18)3)23-13-16-8-5-6-9-17(16)21(23)25/h5-6,8-12,19H,4,7,13H2,1-3H3,(H,22,24)/t19-/m0/s1. The molecule has 1 aliphatic heterocycles. The maximum atomic E-state index is 12.9. The van der Waals surface area contributed by atoms with Crippen molar-refractivity contribution in [1.29, 1.82) is 0 Å². The van der Waals surface area contributed by atoms with Crippen LogP contribution in [0.25, 0.3) is 0 Å². The number of rotatable bonds is 5. The first-order valence-electron chi connectivity index (χ1n) is 8.78. The highest BCUT2D eigenvalue weighted by Crippen LogP contribution is 2.27. The largest absolute Gasteiger partial charge is 0.324 e. The molecule has 0 aliphatic carbocycles. The van der Waals surface area contributed by atoms with E-state index in [0.717, 1.165) is 28.8 Å². The number of carbonyl (C=O) groups is 2. The number of aryl methyl sites for hydroxylation is 2. The van der Waals surface area contributed by atoms with E-state index >= 15 is 0 Å². The fraction of sp³-hybridized carbons (Fsp3) is 0.333. The van der Waals surface area contributed by atoms with Crippen LogP contribution in [-0.4, -0.2) is 22.8 Å². The molecule has 0 saturated heterocycles. The number of fused-ring (bicyclic) bond motifs is 1. The summed E-state index contributed by atoms with van der Waals surface area (Å²) in [6.45, 7) is 6.54. The van der Waals surface area contributed by atoms with Crippen LogP contribution in [0.2, 0.25) is 0 Å². The fourth-order valence-corrected chi connectivity index (χ4v) is 3.40. The molecule has 3 rings (SSSR count). The van der Waals surface area contributed by atoms with Crippen LogP contribution in [0.1, 0.15) is 46.8 Å². The molecule has 0 unspecified atom stereocenters. The van der Waals surface area contributed by atoms with E-state index in [9.17, 15) is 9.59 Å². The summed E-state index contributed by atoms with van der Waals surface area (Å²) in [7, 11) is 0. The normalized spacial score (nSPS) is 14.4. The molecule has 0 saturated carbocycles. The predicted molar refractivity (Wildman–Crippen MR) is 99.6 cm³/mol. The third kappa shape index (κ3) is 3.43. The van der Waals surface area contributed by atoms with Crippen molar-refractivity contribution >= 4 is 17.5 Å². The third-order valence-corrected chi connectivity index (χ3v) is 4.73. The molecular formula is C21H24N2O2. The van der Waals surface area contributed by atoms with Crippen LogP contribution >= 0.6 is 0 Å². The first kappa shape index (κ1) is 17.2. The fourth-order valence-electron chi connectivity index (χ4n) is 3.40. The van der Waals surface area contributed by atoms with Crippen LogP contribution in [0.5, 0.6) is 0 Å². The Labute approximate surface area is 148 Å². The van der Waals surface area contributed by atoms with Gasteiger partial charge in [-0.05, 0) is 43.5 Å². The maximum absolute atomic E-state index is 12.9. The number of amides is 2. The molecule has 2 aromatic carbocycles. The van der Waals surface area contributed by atoms with Gasteiger partial charge in [-0.1, -0.05) is 49.2 Å². The van der Waals surface area contributed by atoms with Crippen LogP contribution in [-0.2, 0) is 11.3 Å². The Bertz CT molecular complexity index is 813. The van der Waals surface area contributed by atoms with Crippen molar-refractivity contribution < 1.29 is 9.59 Å². The van der Waals surface area contributed by atoms with Gasteiger partial charge in [0.15, 0.2) is 0 Å². The highest BCUT2D eigenvalue weighted by Gasteiger charge is 2.35. The number of carbonyl (C=O) groups excluding carboxylic acids is 2. The van der Waals surface area contributed by atoms with E-state index in [-0.39, 0.29) is 11.8 Å². The minimum absolute atomic E-state index is 0.0511. The summed E-state index contributed by atoms with van der Waals surface area (Å²) in [5.41, 5.74) is 4.70. The smallest absolute Gasteiger partial charge is 0.255 e. The molecule has 1 atom stereocenters. The molecule has 25 heavy (non-hydrogen) atoms. The summed E-state index contributed by atoms with van der Waals surface area (Å²) >= 11 is 0. The van der Waals surface area contributed by atoms with E-state index in [0.29, 0.717) is 18.5 Å². The Morgan fingerprint density at radius 3 is 2.64 bits per heavy atom. The molecule has 1 N–H and O–H groups in total. The van der Waals surface area contributed by atoms with Gasteiger partial charge in [-0.15, -0.1) is 0 Å². The molecule has 0 bridgehead atoms. The number of hydrogen-bond donors (Lipinski definition) is 1. The van der Waals surface area contributed by atoms with Crippen molar-refractivity contribution in [1.82, 2.24) is 4.90 Å². The zero-order valence-corrected chi connectivity index (χ0v) is 15.0. The summed E-state index contributed by atoms with van der Waals surface area (Å²) in [6.07, 6.45) is 1.49. The minimum Gasteiger partial charge on any atom is -0.324 e. The molecule has 1 heterocycles. The maximum Gasteiger partial charge on any atom is 0.255 e. The zero-order chi connectivity index (χ0) is 18.0. The molecule has 0 fully saturated rings. The molecule has 0 spiro atoms. The molecular weight excluding hydrogens is 312 g/mol. The van der Waals surface area contributed by atoms with E-state index in [1.54, 1.807) is 4.90 Å². The molecule has 0 radical (unpaired) electrons. The Balaban J connectivity index is 1.82. The Hall–Kier alpha value is -2.62. The third-order valence-electron chi connectivity index (χ3n) is 4.73. The van der Waals surface area contributed by atoms with Gasteiger partial charge in [0, 0.05) is 17.8 Å². The number of benzene rings is 2. The van der Waals surface area contributed by atoms with E-state index < -0.39 is 6.04 Å². The second-order valence-corrected chi connectivity index (χ2v) is 6.70. The predicted octanol–water partition coefficient (Wildman–Crippen LogP) is 4.07. The first-order valence-corrected chi connectivity index (χ1v) is 8.78. The molecule has 4 heteroatoms. The van der Waals surface area contributed by atoms with E-state index in [1.807, 2.05) is 63.2 Å². The highest BCUT2D eigenvalue weighted by atomic mass is 16.2. The van der Waals surface area contributed by atoms with Gasteiger partial charge in [0.25, 0.3) is 5.91 Å². The zero-order valence-electron chi connectivity index (χ0n) is 15.0. The van der Waals surface area contributed by atoms with Crippen molar-refractivity contribution in [3.8, 4) is 0 Å². The van der Waals surface area contributed by atoms with Gasteiger partial charge in [-0.3, -0.25) is 9.59 Å². The lowest BCUT2D eigenvalue weighted by molar-refractivity contribution is -0.120. The van der Waals surface area contributed by atoms with Crippen LogP contribution in [0.3, 0.4) is 0 Å². The molecule has 130 valence electrons. The molecule has 2 amide bonds. The lowest BCUT2D eigenvalue weighted by Gasteiger charge is -2.27. The monoisotopic (exact) mass is 336 g/mol. The van der Waals surface area contributed by atoms with E-state index in [1.165, 1.54) is 0 Å². The van der Waals surface area contributed by atoms with Gasteiger partial charge >= 0.3 is 0 Å². The van der Waals surface area contributed by atoms with Crippen molar-refractivity contribution in [2.24, 2.45) is 0 Å². The van der Waals surface area contributed by atoms with Gasteiger partial charge < -0.3 is 10.2 Å². The lowest BCUT2D eigenvalue weighted by Crippen LogP contribution is -2.44. The highest BCUT2D eigenvalue weighted by molar-refractivity contribution is 6.03. The molecule has 1 aliphatic rings. The SMILES string of the molecule is CCC[C@@H](C(=O)Nc1ccc(C)cc1C)N1Cc2ccccc2C1=O. The van der Waals surface area contributed by atoms with E-state index in [4.69, 9.17) is 0 Å². The first-order chi connectivity index (χ1) is 12.0. The Kier molecular flexibility index (Phi) is 4.88. The van der Waals surface area contributed by atoms with Crippen molar-refractivity contribution in [3.63, 3.8) is 0 Å². The van der Waals surface area contributed by atoms with Gasteiger partial charge in [0.05, 0.1) is 0 Å². The van der Waals surface area contributed by atoms with Crippen LogP contribution in [0.4, 0.5) is 5.69 Å². The van der Waals surface area contributed by atoms with Gasteiger partial charge in [-0.25, -0.2) is 0 Å². The Morgan fingerprint density at radius 1 is 1.20 bits per heavy atom. The average Bonchev–Trinajstić information content (AvgIpc) is 2.92. The van der Waals surface area contributed by atoms with Gasteiger partial charge in [0.1, 0.15) is 6.04 Å². The Morgan fingerprint density at radius 2 is 1.96 bits per heavy atom. The van der Waals surface area contributed by atoms with Crippen molar-refractivity contribution in [3.05, 3.63) is 64.7 Å². The molecule has 0 aromatic heterocycles. The lowest BCUT2D eigenvalue weighted by atomic mass is 10.1. The summed E-state index contributed by atoms with van der Waals surface area (Å²) in [5, 5.41) is 3.01. The van der Waals surface area contributed by atoms with E-state index in [2.05, 4.69) is 5.32 Å². The number of hydrogen-bond acceptors (Lipinski definition) is 2. The topological polar surface area (TPSA) is 49.4 Å². The second kappa shape index (κ2) is 7.09. The second-order valence-electron chi connectivity index (χ2n) is 6.70. The van der Waals surface area contributed by atoms with Crippen molar-refractivity contribution in [2.75, 3.05) is 5.32 Å². The van der Waals surface area contributed by atoms with Crippen LogP contribution in [0.15, 0.2) is 42.5 Å². The average molecular weight is 336 g/mol. The molecule has 2 aromatic rings. The number of nitrogens with one attached hydrogen (secondary N) is 1. The molecule has 4 nitrogen and oxygen atoms in total. The summed E-state index contributed by atoms with van der Waals surface area (Å²) in [4.78, 5) is 27.3. The number of anilines is 1. The number of nitrogens with zero attached hydrogens (tertiary/aromatic N) is 1.